The topological polar surface area (TPSA) is 24.5 Å². The Bertz CT molecular complexity index is 733. The van der Waals surface area contributed by atoms with Crippen molar-refractivity contribution in [3.8, 4) is 11.5 Å². The molecule has 0 saturated carbocycles. The molecule has 0 aliphatic carbocycles. The highest BCUT2D eigenvalue weighted by Gasteiger charge is 2.37. The van der Waals surface area contributed by atoms with Crippen molar-refractivity contribution in [1.29, 1.82) is 0 Å². The van der Waals surface area contributed by atoms with E-state index in [1.165, 1.54) is 18.4 Å². The monoisotopic (exact) mass is 342 g/mol. The second-order valence-corrected chi connectivity index (χ2v) is 7.03. The van der Waals surface area contributed by atoms with Gasteiger partial charge in [-0.1, -0.05) is 36.7 Å². The number of nitrogens with one attached hydrogen (secondary N) is 1. The number of ether oxygens (including phenoxy) is 1. The fourth-order valence-electron chi connectivity index (χ4n) is 3.93. The second-order valence-electron chi connectivity index (χ2n) is 6.59. The van der Waals surface area contributed by atoms with Gasteiger partial charge < -0.3 is 15.0 Å². The van der Waals surface area contributed by atoms with Crippen LogP contribution >= 0.6 is 11.6 Å². The Morgan fingerprint density at radius 3 is 2.96 bits per heavy atom. The van der Waals surface area contributed by atoms with Crippen LogP contribution in [0.15, 0.2) is 42.5 Å². The van der Waals surface area contributed by atoms with Crippen LogP contribution in [0.25, 0.3) is 0 Å². The third kappa shape index (κ3) is 2.76. The van der Waals surface area contributed by atoms with Gasteiger partial charge in [0.15, 0.2) is 5.75 Å². The number of halogens is 1. The van der Waals surface area contributed by atoms with Gasteiger partial charge in [-0.2, -0.15) is 0 Å². The molecule has 2 aliphatic rings. The highest BCUT2D eigenvalue weighted by atomic mass is 35.5. The summed E-state index contributed by atoms with van der Waals surface area (Å²) in [6, 6.07) is 15.1. The van der Waals surface area contributed by atoms with Gasteiger partial charge in [-0.05, 0) is 50.1 Å². The number of fused-ring (bicyclic) bond motifs is 5. The lowest BCUT2D eigenvalue weighted by Crippen LogP contribution is -2.48. The molecule has 2 aliphatic heterocycles. The van der Waals surface area contributed by atoms with Crippen molar-refractivity contribution in [2.24, 2.45) is 0 Å². The third-order valence-corrected chi connectivity index (χ3v) is 5.21. The Hall–Kier alpha value is -1.71. The van der Waals surface area contributed by atoms with Crippen LogP contribution in [-0.4, -0.2) is 19.1 Å². The standard InChI is InChI=1S/C20H23ClN2O/c1-2-11-22-16-7-5-12-23-17-13-14(21)9-10-19(17)24-18-8-4-3-6-15(18)20(16)23/h3-4,6,8-10,13,16,20,22H,2,5,7,11-12H2,1H3/t16-,20+/m1/s1. The lowest BCUT2D eigenvalue weighted by molar-refractivity contribution is 0.346. The van der Waals surface area contributed by atoms with Crippen molar-refractivity contribution < 1.29 is 4.74 Å². The summed E-state index contributed by atoms with van der Waals surface area (Å²) in [7, 11) is 0. The zero-order chi connectivity index (χ0) is 16.5. The van der Waals surface area contributed by atoms with Crippen LogP contribution in [0.2, 0.25) is 5.02 Å². The van der Waals surface area contributed by atoms with Crippen LogP contribution in [0, 0.1) is 0 Å². The van der Waals surface area contributed by atoms with Crippen LogP contribution in [0.5, 0.6) is 11.5 Å². The van der Waals surface area contributed by atoms with Crippen LogP contribution in [0.1, 0.15) is 37.8 Å². The minimum Gasteiger partial charge on any atom is -0.455 e. The van der Waals surface area contributed by atoms with Crippen molar-refractivity contribution >= 4 is 17.3 Å². The highest BCUT2D eigenvalue weighted by Crippen LogP contribution is 2.48. The molecule has 1 N–H and O–H groups in total. The molecule has 126 valence electrons. The quantitative estimate of drug-likeness (QED) is 0.834. The molecular formula is C20H23ClN2O. The summed E-state index contributed by atoms with van der Waals surface area (Å²) in [6.45, 7) is 4.28. The first-order valence-corrected chi connectivity index (χ1v) is 9.22. The number of para-hydroxylation sites is 1. The maximum Gasteiger partial charge on any atom is 0.150 e. The molecule has 3 nitrogen and oxygen atoms in total. The molecule has 0 bridgehead atoms. The molecule has 1 fully saturated rings. The van der Waals surface area contributed by atoms with E-state index < -0.39 is 0 Å². The van der Waals surface area contributed by atoms with Gasteiger partial charge in [-0.3, -0.25) is 0 Å². The Morgan fingerprint density at radius 2 is 2.08 bits per heavy atom. The van der Waals surface area contributed by atoms with Crippen LogP contribution < -0.4 is 15.0 Å². The lowest BCUT2D eigenvalue weighted by Gasteiger charge is -2.42. The average molecular weight is 343 g/mol. The predicted octanol–water partition coefficient (Wildman–Crippen LogP) is 5.16. The second kappa shape index (κ2) is 6.66. The van der Waals surface area contributed by atoms with Crippen molar-refractivity contribution in [2.75, 3.05) is 18.0 Å². The molecule has 2 aromatic carbocycles. The van der Waals surface area contributed by atoms with E-state index in [4.69, 9.17) is 16.3 Å². The maximum atomic E-state index is 6.29. The first-order chi connectivity index (χ1) is 11.8. The molecular weight excluding hydrogens is 320 g/mol. The molecule has 0 spiro atoms. The summed E-state index contributed by atoms with van der Waals surface area (Å²) < 4.78 is 6.27. The molecule has 2 heterocycles. The molecule has 0 amide bonds. The maximum absolute atomic E-state index is 6.29. The van der Waals surface area contributed by atoms with Crippen LogP contribution in [-0.2, 0) is 0 Å². The van der Waals surface area contributed by atoms with Gasteiger partial charge in [0.05, 0.1) is 11.7 Å². The summed E-state index contributed by atoms with van der Waals surface area (Å²) >= 11 is 6.29. The Kier molecular flexibility index (Phi) is 4.38. The lowest BCUT2D eigenvalue weighted by atomic mass is 9.89. The van der Waals surface area contributed by atoms with E-state index in [0.717, 1.165) is 41.7 Å². The number of nitrogens with zero attached hydrogens (tertiary/aromatic N) is 1. The fraction of sp³-hybridized carbons (Fsp3) is 0.400. The highest BCUT2D eigenvalue weighted by molar-refractivity contribution is 6.31. The van der Waals surface area contributed by atoms with Gasteiger partial charge in [0.25, 0.3) is 0 Å². The summed E-state index contributed by atoms with van der Waals surface area (Å²) in [5, 5.41) is 4.51. The summed E-state index contributed by atoms with van der Waals surface area (Å²) in [4.78, 5) is 2.48. The van der Waals surface area contributed by atoms with Gasteiger partial charge in [-0.25, -0.2) is 0 Å². The van der Waals surface area contributed by atoms with E-state index in [9.17, 15) is 0 Å². The summed E-state index contributed by atoms with van der Waals surface area (Å²) in [5.41, 5.74) is 2.37. The van der Waals surface area contributed by atoms with E-state index in [1.807, 2.05) is 24.3 Å². The van der Waals surface area contributed by atoms with Crippen LogP contribution in [0.4, 0.5) is 5.69 Å². The molecule has 0 radical (unpaired) electrons. The molecule has 2 aromatic rings. The van der Waals surface area contributed by atoms with E-state index in [2.05, 4.69) is 35.3 Å². The van der Waals surface area contributed by atoms with Gasteiger partial charge in [0.1, 0.15) is 5.75 Å². The van der Waals surface area contributed by atoms with Gasteiger partial charge >= 0.3 is 0 Å². The Balaban J connectivity index is 1.84. The van der Waals surface area contributed by atoms with Gasteiger partial charge in [0, 0.05) is 23.2 Å². The molecule has 0 unspecified atom stereocenters. The van der Waals surface area contributed by atoms with E-state index in [1.54, 1.807) is 0 Å². The molecule has 0 aromatic heterocycles. The fourth-order valence-corrected chi connectivity index (χ4v) is 4.10. The average Bonchev–Trinajstić information content (AvgIpc) is 2.75. The third-order valence-electron chi connectivity index (χ3n) is 4.98. The van der Waals surface area contributed by atoms with Crippen LogP contribution in [0.3, 0.4) is 0 Å². The zero-order valence-corrected chi connectivity index (χ0v) is 14.7. The zero-order valence-electron chi connectivity index (χ0n) is 14.0. The Morgan fingerprint density at radius 1 is 1.21 bits per heavy atom. The molecule has 1 saturated heterocycles. The molecule has 4 heteroatoms. The summed E-state index contributed by atoms with van der Waals surface area (Å²) in [6.07, 6.45) is 3.50. The van der Waals surface area contributed by atoms with Crippen molar-refractivity contribution in [3.05, 3.63) is 53.1 Å². The number of piperidine rings is 1. The van der Waals surface area contributed by atoms with Gasteiger partial charge in [-0.15, -0.1) is 0 Å². The molecule has 4 rings (SSSR count). The number of hydrogen-bond donors (Lipinski definition) is 1. The minimum absolute atomic E-state index is 0.279. The van der Waals surface area contributed by atoms with Crippen molar-refractivity contribution in [2.45, 2.75) is 38.3 Å². The van der Waals surface area contributed by atoms with Crippen molar-refractivity contribution in [3.63, 3.8) is 0 Å². The predicted molar refractivity (Wildman–Crippen MR) is 99.4 cm³/mol. The smallest absolute Gasteiger partial charge is 0.150 e. The SMILES string of the molecule is CCCN[C@@H]1CCCN2c3cc(Cl)ccc3Oc3ccccc3[C@@H]12. The number of anilines is 1. The largest absolute Gasteiger partial charge is 0.455 e. The number of rotatable bonds is 3. The number of benzene rings is 2. The molecule has 24 heavy (non-hydrogen) atoms. The normalized spacial score (nSPS) is 22.0. The minimum atomic E-state index is 0.279. The molecule has 2 atom stereocenters. The van der Waals surface area contributed by atoms with Crippen molar-refractivity contribution in [1.82, 2.24) is 5.32 Å². The van der Waals surface area contributed by atoms with Gasteiger partial charge in [0.2, 0.25) is 0 Å². The first-order valence-electron chi connectivity index (χ1n) is 8.84. The van der Waals surface area contributed by atoms with E-state index >= 15 is 0 Å². The number of hydrogen-bond acceptors (Lipinski definition) is 3. The first kappa shape index (κ1) is 15.8. The Labute approximate surface area is 148 Å². The summed E-state index contributed by atoms with van der Waals surface area (Å²) in [5.74, 6) is 1.85. The van der Waals surface area contributed by atoms with E-state index in [-0.39, 0.29) is 6.04 Å². The van der Waals surface area contributed by atoms with E-state index in [0.29, 0.717) is 6.04 Å².